The van der Waals surface area contributed by atoms with Crippen molar-refractivity contribution >= 4 is 5.91 Å². The fraction of sp³-hybridized carbons (Fsp3) is 0.500. The number of carbonyl (C=O) groups excluding carboxylic acids is 1. The van der Waals surface area contributed by atoms with E-state index in [9.17, 15) is 4.79 Å². The zero-order valence-corrected chi connectivity index (χ0v) is 15.4. The number of piperidine rings is 1. The first-order valence-corrected chi connectivity index (χ1v) is 9.24. The van der Waals surface area contributed by atoms with Crippen molar-refractivity contribution < 1.29 is 9.53 Å². The van der Waals surface area contributed by atoms with Gasteiger partial charge < -0.3 is 9.64 Å². The highest BCUT2D eigenvalue weighted by Gasteiger charge is 2.27. The first-order chi connectivity index (χ1) is 12.2. The Morgan fingerprint density at radius 1 is 1.08 bits per heavy atom. The minimum absolute atomic E-state index is 0.146. The molecule has 5 heteroatoms. The predicted molar refractivity (Wildman–Crippen MR) is 98.6 cm³/mol. The lowest BCUT2D eigenvalue weighted by atomic mass is 10.0. The second kappa shape index (κ2) is 7.72. The Morgan fingerprint density at radius 3 is 2.32 bits per heavy atom. The third-order valence-electron chi connectivity index (χ3n) is 4.90. The molecule has 5 nitrogen and oxygen atoms in total. The third-order valence-corrected chi connectivity index (χ3v) is 4.90. The van der Waals surface area contributed by atoms with E-state index in [0.717, 1.165) is 67.2 Å². The lowest BCUT2D eigenvalue weighted by molar-refractivity contribution is 0.0722. The van der Waals surface area contributed by atoms with E-state index in [1.807, 2.05) is 33.8 Å². The first-order valence-electron chi connectivity index (χ1n) is 9.24. The van der Waals surface area contributed by atoms with Gasteiger partial charge in [0.1, 0.15) is 5.75 Å². The molecule has 0 atom stereocenters. The van der Waals surface area contributed by atoms with E-state index in [0.29, 0.717) is 0 Å². The van der Waals surface area contributed by atoms with E-state index in [4.69, 9.17) is 9.84 Å². The van der Waals surface area contributed by atoms with Crippen LogP contribution in [-0.2, 0) is 12.8 Å². The summed E-state index contributed by atoms with van der Waals surface area (Å²) in [5, 5.41) is 4.77. The molecule has 1 aromatic heterocycles. The van der Waals surface area contributed by atoms with Gasteiger partial charge in [-0.2, -0.15) is 5.10 Å². The molecule has 134 valence electrons. The van der Waals surface area contributed by atoms with Crippen LogP contribution in [0, 0.1) is 0 Å². The topological polar surface area (TPSA) is 47.4 Å². The number of likely N-dealkylation sites (tertiary alicyclic amines) is 1. The van der Waals surface area contributed by atoms with Crippen LogP contribution in [0.1, 0.15) is 54.9 Å². The summed E-state index contributed by atoms with van der Waals surface area (Å²) in [6.07, 6.45) is 4.94. The molecule has 1 amide bonds. The summed E-state index contributed by atoms with van der Waals surface area (Å²) >= 11 is 0. The molecule has 1 aromatic carbocycles. The van der Waals surface area contributed by atoms with Gasteiger partial charge >= 0.3 is 0 Å². The summed E-state index contributed by atoms with van der Waals surface area (Å²) in [4.78, 5) is 15.2. The molecule has 0 saturated carbocycles. The van der Waals surface area contributed by atoms with Crippen LogP contribution < -0.4 is 4.74 Å². The van der Waals surface area contributed by atoms with Crippen LogP contribution in [0.4, 0.5) is 0 Å². The summed E-state index contributed by atoms with van der Waals surface area (Å²) in [5.41, 5.74) is 3.66. The molecular formula is C20H27N3O2. The van der Waals surface area contributed by atoms with Gasteiger partial charge in [0, 0.05) is 13.1 Å². The Balaban J connectivity index is 2.02. The van der Waals surface area contributed by atoms with Gasteiger partial charge in [0.2, 0.25) is 0 Å². The molecule has 0 N–H and O–H groups in total. The Morgan fingerprint density at radius 2 is 1.76 bits per heavy atom. The molecule has 1 aliphatic rings. The predicted octanol–water partition coefficient (Wildman–Crippen LogP) is 3.63. The number of aryl methyl sites for hydroxylation is 1. The second-order valence-corrected chi connectivity index (χ2v) is 6.44. The van der Waals surface area contributed by atoms with E-state index in [2.05, 4.69) is 13.8 Å². The maximum atomic E-state index is 13.2. The fourth-order valence-electron chi connectivity index (χ4n) is 3.52. The molecule has 1 saturated heterocycles. The zero-order valence-electron chi connectivity index (χ0n) is 15.4. The largest absolute Gasteiger partial charge is 0.497 e. The van der Waals surface area contributed by atoms with Gasteiger partial charge in [0.15, 0.2) is 0 Å². The number of hydrogen-bond donors (Lipinski definition) is 0. The number of benzene rings is 1. The molecule has 2 heterocycles. The molecule has 3 rings (SSSR count). The number of ether oxygens (including phenoxy) is 1. The fourth-order valence-corrected chi connectivity index (χ4v) is 3.52. The molecule has 25 heavy (non-hydrogen) atoms. The molecular weight excluding hydrogens is 314 g/mol. The number of rotatable bonds is 5. The molecule has 0 bridgehead atoms. The van der Waals surface area contributed by atoms with E-state index in [1.54, 1.807) is 7.11 Å². The standard InChI is InChI=1S/C20H27N3O2/c1-4-17-19(20(24)22-13-7-6-8-14-22)18(5-2)23(21-17)15-9-11-16(25-3)12-10-15/h9-12H,4-8,13-14H2,1-3H3. The number of nitrogens with zero attached hydrogens (tertiary/aromatic N) is 3. The number of hydrogen-bond acceptors (Lipinski definition) is 3. The van der Waals surface area contributed by atoms with Crippen molar-refractivity contribution in [2.45, 2.75) is 46.0 Å². The van der Waals surface area contributed by atoms with Gasteiger partial charge in [0.25, 0.3) is 5.91 Å². The summed E-state index contributed by atoms with van der Waals surface area (Å²) in [7, 11) is 1.66. The van der Waals surface area contributed by atoms with Crippen LogP contribution in [-0.4, -0.2) is 40.8 Å². The number of methoxy groups -OCH3 is 1. The highest BCUT2D eigenvalue weighted by atomic mass is 16.5. The lowest BCUT2D eigenvalue weighted by Gasteiger charge is -2.27. The smallest absolute Gasteiger partial charge is 0.257 e. The van der Waals surface area contributed by atoms with Crippen molar-refractivity contribution in [3.8, 4) is 11.4 Å². The van der Waals surface area contributed by atoms with Crippen LogP contribution in [0.3, 0.4) is 0 Å². The number of aromatic nitrogens is 2. The van der Waals surface area contributed by atoms with E-state index in [-0.39, 0.29) is 5.91 Å². The van der Waals surface area contributed by atoms with Crippen LogP contribution in [0.25, 0.3) is 5.69 Å². The number of carbonyl (C=O) groups is 1. The monoisotopic (exact) mass is 341 g/mol. The first kappa shape index (κ1) is 17.5. The quantitative estimate of drug-likeness (QED) is 0.834. The second-order valence-electron chi connectivity index (χ2n) is 6.44. The Kier molecular flexibility index (Phi) is 5.41. The van der Waals surface area contributed by atoms with Crippen molar-refractivity contribution in [3.05, 3.63) is 41.2 Å². The summed E-state index contributed by atoms with van der Waals surface area (Å²) in [6.45, 7) is 5.87. The minimum Gasteiger partial charge on any atom is -0.497 e. The normalized spacial score (nSPS) is 14.6. The van der Waals surface area contributed by atoms with Crippen molar-refractivity contribution in [2.75, 3.05) is 20.2 Å². The van der Waals surface area contributed by atoms with Gasteiger partial charge in [-0.15, -0.1) is 0 Å². The summed E-state index contributed by atoms with van der Waals surface area (Å²) in [5.74, 6) is 0.961. The van der Waals surface area contributed by atoms with Crippen molar-refractivity contribution in [3.63, 3.8) is 0 Å². The molecule has 0 radical (unpaired) electrons. The maximum Gasteiger partial charge on any atom is 0.257 e. The maximum absolute atomic E-state index is 13.2. The molecule has 0 aliphatic carbocycles. The van der Waals surface area contributed by atoms with Gasteiger partial charge in [-0.3, -0.25) is 4.79 Å². The van der Waals surface area contributed by atoms with E-state index >= 15 is 0 Å². The van der Waals surface area contributed by atoms with Crippen LogP contribution in [0.15, 0.2) is 24.3 Å². The SMILES string of the molecule is CCc1nn(-c2ccc(OC)cc2)c(CC)c1C(=O)N1CCCCC1. The highest BCUT2D eigenvalue weighted by Crippen LogP contribution is 2.24. The highest BCUT2D eigenvalue weighted by molar-refractivity contribution is 5.96. The zero-order chi connectivity index (χ0) is 17.8. The average molecular weight is 341 g/mol. The van der Waals surface area contributed by atoms with Gasteiger partial charge in [-0.25, -0.2) is 4.68 Å². The third kappa shape index (κ3) is 3.41. The van der Waals surface area contributed by atoms with Crippen molar-refractivity contribution in [1.29, 1.82) is 0 Å². The summed E-state index contributed by atoms with van der Waals surface area (Å²) in [6, 6.07) is 7.82. The van der Waals surface area contributed by atoms with Gasteiger partial charge in [-0.1, -0.05) is 13.8 Å². The Labute approximate surface area is 149 Å². The van der Waals surface area contributed by atoms with Crippen molar-refractivity contribution in [1.82, 2.24) is 14.7 Å². The molecule has 0 unspecified atom stereocenters. The molecule has 0 spiro atoms. The van der Waals surface area contributed by atoms with Gasteiger partial charge in [0.05, 0.1) is 29.7 Å². The summed E-state index contributed by atoms with van der Waals surface area (Å²) < 4.78 is 7.16. The van der Waals surface area contributed by atoms with Crippen LogP contribution >= 0.6 is 0 Å². The average Bonchev–Trinajstić information content (AvgIpc) is 3.06. The molecule has 1 fully saturated rings. The van der Waals surface area contributed by atoms with E-state index in [1.165, 1.54) is 6.42 Å². The van der Waals surface area contributed by atoms with E-state index < -0.39 is 0 Å². The van der Waals surface area contributed by atoms with Crippen LogP contribution in [0.5, 0.6) is 5.75 Å². The molecule has 2 aromatic rings. The number of amides is 1. The Bertz CT molecular complexity index is 728. The molecule has 1 aliphatic heterocycles. The minimum atomic E-state index is 0.146. The van der Waals surface area contributed by atoms with Gasteiger partial charge in [-0.05, 0) is 56.4 Å². The Hall–Kier alpha value is -2.30. The van der Waals surface area contributed by atoms with Crippen molar-refractivity contribution in [2.24, 2.45) is 0 Å². The lowest BCUT2D eigenvalue weighted by Crippen LogP contribution is -2.36. The van der Waals surface area contributed by atoms with Crippen LogP contribution in [0.2, 0.25) is 0 Å².